The molecule has 3 saturated carbocycles. The van der Waals surface area contributed by atoms with Crippen molar-refractivity contribution in [3.05, 3.63) is 0 Å². The highest BCUT2D eigenvalue weighted by molar-refractivity contribution is 5.84. The summed E-state index contributed by atoms with van der Waals surface area (Å²) in [5.41, 5.74) is 0. The van der Waals surface area contributed by atoms with E-state index >= 15 is 0 Å². The second kappa shape index (κ2) is 3.81. The molecule has 2 heteroatoms. The van der Waals surface area contributed by atoms with Crippen LogP contribution in [-0.4, -0.2) is 18.5 Å². The molecule has 1 saturated heterocycles. The maximum Gasteiger partial charge on any atom is 0.136 e. The molecule has 2 bridgehead atoms. The number of carbonyl (C=O) groups is 1. The summed E-state index contributed by atoms with van der Waals surface area (Å²) in [6.45, 7) is 0.914. The van der Waals surface area contributed by atoms with Crippen molar-refractivity contribution in [2.24, 2.45) is 29.6 Å². The normalized spacial score (nSPS) is 50.6. The second-order valence-electron chi connectivity index (χ2n) is 6.65. The molecule has 4 fully saturated rings. The Hall–Kier alpha value is -0.370. The Morgan fingerprint density at radius 2 is 1.88 bits per heavy atom. The lowest BCUT2D eigenvalue weighted by atomic mass is 9.97. The van der Waals surface area contributed by atoms with E-state index in [0.717, 1.165) is 43.1 Å². The fraction of sp³-hybridized carbons (Fsp3) is 0.933. The molecular formula is C15H22O2. The zero-order valence-corrected chi connectivity index (χ0v) is 10.4. The molecule has 1 heterocycles. The van der Waals surface area contributed by atoms with E-state index in [4.69, 9.17) is 4.74 Å². The minimum atomic E-state index is 0.397. The Morgan fingerprint density at radius 1 is 1.12 bits per heavy atom. The predicted octanol–water partition coefficient (Wildman–Crippen LogP) is 2.81. The van der Waals surface area contributed by atoms with Gasteiger partial charge in [0.2, 0.25) is 0 Å². The van der Waals surface area contributed by atoms with E-state index < -0.39 is 0 Å². The molecule has 5 atom stereocenters. The first kappa shape index (κ1) is 10.5. The lowest BCUT2D eigenvalue weighted by Crippen LogP contribution is -2.13. The van der Waals surface area contributed by atoms with E-state index in [1.165, 1.54) is 32.1 Å². The summed E-state index contributed by atoms with van der Waals surface area (Å²) < 4.78 is 5.60. The standard InChI is InChI=1S/C15H22O2/c16-12(6-5-11-2-1-7-17-11)15-13-9-3-4-10(8-9)14(13)15/h9-11,13-15H,1-8H2. The molecule has 0 aromatic carbocycles. The molecule has 17 heavy (non-hydrogen) atoms. The van der Waals surface area contributed by atoms with Crippen molar-refractivity contribution in [1.82, 2.24) is 0 Å². The van der Waals surface area contributed by atoms with Crippen LogP contribution < -0.4 is 0 Å². The third kappa shape index (κ3) is 1.60. The van der Waals surface area contributed by atoms with Crippen LogP contribution in [0.5, 0.6) is 0 Å². The average molecular weight is 234 g/mol. The number of fused-ring (bicyclic) bond motifs is 5. The molecule has 94 valence electrons. The number of hydrogen-bond acceptors (Lipinski definition) is 2. The fourth-order valence-electron chi connectivity index (χ4n) is 5.10. The number of hydrogen-bond donors (Lipinski definition) is 0. The minimum absolute atomic E-state index is 0.397. The molecule has 3 aliphatic carbocycles. The number of ketones is 1. The van der Waals surface area contributed by atoms with Gasteiger partial charge in [-0.3, -0.25) is 4.79 Å². The van der Waals surface area contributed by atoms with Gasteiger partial charge in [-0.15, -0.1) is 0 Å². The maximum atomic E-state index is 12.2. The summed E-state index contributed by atoms with van der Waals surface area (Å²) >= 11 is 0. The predicted molar refractivity (Wildman–Crippen MR) is 64.5 cm³/mol. The van der Waals surface area contributed by atoms with Crippen molar-refractivity contribution >= 4 is 5.78 Å². The van der Waals surface area contributed by atoms with Gasteiger partial charge in [0.05, 0.1) is 6.10 Å². The summed E-state index contributed by atoms with van der Waals surface area (Å²) in [4.78, 5) is 12.2. The van der Waals surface area contributed by atoms with Crippen LogP contribution in [0.3, 0.4) is 0 Å². The lowest BCUT2D eigenvalue weighted by molar-refractivity contribution is -0.121. The molecular weight excluding hydrogens is 212 g/mol. The summed E-state index contributed by atoms with van der Waals surface area (Å²) in [5, 5.41) is 0. The third-order valence-electron chi connectivity index (χ3n) is 5.84. The Bertz CT molecular complexity index is 316. The molecule has 1 aliphatic heterocycles. The summed E-state index contributed by atoms with van der Waals surface area (Å²) in [6, 6.07) is 0. The zero-order chi connectivity index (χ0) is 11.4. The molecule has 0 aromatic rings. The molecule has 5 unspecified atom stereocenters. The molecule has 2 nitrogen and oxygen atoms in total. The lowest BCUT2D eigenvalue weighted by Gasteiger charge is -2.10. The SMILES string of the molecule is O=C(CCC1CCCO1)C1C2C3CCC(C3)C12. The first-order chi connectivity index (χ1) is 8.34. The smallest absolute Gasteiger partial charge is 0.136 e. The molecule has 0 amide bonds. The van der Waals surface area contributed by atoms with E-state index in [-0.39, 0.29) is 0 Å². The van der Waals surface area contributed by atoms with Crippen molar-refractivity contribution < 1.29 is 9.53 Å². The highest BCUT2D eigenvalue weighted by Gasteiger charge is 2.66. The summed E-state index contributed by atoms with van der Waals surface area (Å²) in [5.74, 6) is 4.58. The van der Waals surface area contributed by atoms with Crippen LogP contribution in [0.25, 0.3) is 0 Å². The largest absolute Gasteiger partial charge is 0.378 e. The molecule has 0 radical (unpaired) electrons. The van der Waals surface area contributed by atoms with E-state index in [1.807, 2.05) is 0 Å². The van der Waals surface area contributed by atoms with Gasteiger partial charge in [0.15, 0.2) is 0 Å². The van der Waals surface area contributed by atoms with Gasteiger partial charge in [0, 0.05) is 18.9 Å². The van der Waals surface area contributed by atoms with Crippen LogP contribution in [0.2, 0.25) is 0 Å². The fourth-order valence-corrected chi connectivity index (χ4v) is 5.10. The van der Waals surface area contributed by atoms with Crippen LogP contribution in [0.1, 0.15) is 44.9 Å². The third-order valence-corrected chi connectivity index (χ3v) is 5.84. The molecule has 4 aliphatic rings. The van der Waals surface area contributed by atoms with Crippen molar-refractivity contribution in [2.45, 2.75) is 51.0 Å². The highest BCUT2D eigenvalue weighted by Crippen LogP contribution is 2.69. The highest BCUT2D eigenvalue weighted by atomic mass is 16.5. The van der Waals surface area contributed by atoms with E-state index in [9.17, 15) is 4.79 Å². The Morgan fingerprint density at radius 3 is 2.53 bits per heavy atom. The van der Waals surface area contributed by atoms with E-state index in [2.05, 4.69) is 0 Å². The molecule has 0 spiro atoms. The number of ether oxygens (including phenoxy) is 1. The van der Waals surface area contributed by atoms with Gasteiger partial charge in [0.1, 0.15) is 5.78 Å². The number of Topliss-reactive ketones (excluding diaryl/α,β-unsaturated/α-hetero) is 1. The number of rotatable bonds is 4. The van der Waals surface area contributed by atoms with Gasteiger partial charge in [-0.05, 0) is 62.2 Å². The van der Waals surface area contributed by atoms with Crippen LogP contribution in [-0.2, 0) is 9.53 Å². The van der Waals surface area contributed by atoms with Gasteiger partial charge < -0.3 is 4.74 Å². The molecule has 4 rings (SSSR count). The minimum Gasteiger partial charge on any atom is -0.378 e. The zero-order valence-electron chi connectivity index (χ0n) is 10.4. The molecule has 0 N–H and O–H groups in total. The quantitative estimate of drug-likeness (QED) is 0.747. The van der Waals surface area contributed by atoms with Gasteiger partial charge in [-0.1, -0.05) is 0 Å². The number of carbonyl (C=O) groups excluding carboxylic acids is 1. The average Bonchev–Trinajstić information content (AvgIpc) is 2.80. The summed E-state index contributed by atoms with van der Waals surface area (Å²) in [7, 11) is 0. The first-order valence-electron chi connectivity index (χ1n) is 7.49. The Labute approximate surface area is 103 Å². The van der Waals surface area contributed by atoms with Gasteiger partial charge >= 0.3 is 0 Å². The van der Waals surface area contributed by atoms with Crippen molar-refractivity contribution in [2.75, 3.05) is 6.61 Å². The van der Waals surface area contributed by atoms with E-state index in [1.54, 1.807) is 0 Å². The van der Waals surface area contributed by atoms with E-state index in [0.29, 0.717) is 17.8 Å². The Kier molecular flexibility index (Phi) is 2.36. The van der Waals surface area contributed by atoms with Crippen LogP contribution >= 0.6 is 0 Å². The monoisotopic (exact) mass is 234 g/mol. The first-order valence-corrected chi connectivity index (χ1v) is 7.49. The summed E-state index contributed by atoms with van der Waals surface area (Å²) in [6.07, 6.45) is 8.84. The van der Waals surface area contributed by atoms with Crippen LogP contribution in [0, 0.1) is 29.6 Å². The van der Waals surface area contributed by atoms with Crippen molar-refractivity contribution in [1.29, 1.82) is 0 Å². The van der Waals surface area contributed by atoms with Crippen LogP contribution in [0.4, 0.5) is 0 Å². The van der Waals surface area contributed by atoms with Crippen molar-refractivity contribution in [3.63, 3.8) is 0 Å². The Balaban J connectivity index is 1.30. The van der Waals surface area contributed by atoms with Gasteiger partial charge in [-0.2, -0.15) is 0 Å². The second-order valence-corrected chi connectivity index (χ2v) is 6.65. The van der Waals surface area contributed by atoms with Gasteiger partial charge in [-0.25, -0.2) is 0 Å². The maximum absolute atomic E-state index is 12.2. The van der Waals surface area contributed by atoms with Gasteiger partial charge in [0.25, 0.3) is 0 Å². The van der Waals surface area contributed by atoms with Crippen LogP contribution in [0.15, 0.2) is 0 Å². The molecule has 0 aromatic heterocycles. The van der Waals surface area contributed by atoms with Crippen molar-refractivity contribution in [3.8, 4) is 0 Å². The topological polar surface area (TPSA) is 26.3 Å².